The quantitative estimate of drug-likeness (QED) is 0.201. The third-order valence-electron chi connectivity index (χ3n) is 4.32. The van der Waals surface area contributed by atoms with E-state index < -0.39 is 0 Å². The van der Waals surface area contributed by atoms with Crippen molar-refractivity contribution in [3.63, 3.8) is 0 Å². The average molecular weight is 435 g/mol. The third-order valence-corrected chi connectivity index (χ3v) is 6.41. The van der Waals surface area contributed by atoms with Crippen LogP contribution in [0.4, 0.5) is 22.1 Å². The van der Waals surface area contributed by atoms with Gasteiger partial charge in [-0.25, -0.2) is 0 Å². The van der Waals surface area contributed by atoms with Crippen molar-refractivity contribution in [1.82, 2.24) is 0 Å². The molecule has 0 N–H and O–H groups in total. The van der Waals surface area contributed by atoms with Crippen LogP contribution in [0.3, 0.4) is 0 Å². The summed E-state index contributed by atoms with van der Waals surface area (Å²) >= 11 is 3.44. The topological polar surface area (TPSA) is 58.7 Å². The fourth-order valence-corrected chi connectivity index (χ4v) is 4.88. The maximum absolute atomic E-state index is 5.66. The first kappa shape index (κ1) is 20.4. The molecule has 4 rings (SSSR count). The van der Waals surface area contributed by atoms with E-state index in [0.29, 0.717) is 0 Å². The van der Waals surface area contributed by atoms with Gasteiger partial charge >= 0.3 is 0 Å². The minimum atomic E-state index is 0.742. The Morgan fingerprint density at radius 2 is 1.30 bits per heavy atom. The van der Waals surface area contributed by atoms with E-state index in [1.54, 1.807) is 22.7 Å². The van der Waals surface area contributed by atoms with Gasteiger partial charge in [-0.2, -0.15) is 10.2 Å². The number of azo groups is 2. The van der Waals surface area contributed by atoms with E-state index in [0.717, 1.165) is 47.3 Å². The SMILES string of the molecule is CCCCOc1ccc(N=Nc2ccc(N=Nc3cc4sc(C)cc4s3)cc2)cc1. The molecule has 0 unspecified atom stereocenters. The van der Waals surface area contributed by atoms with Crippen LogP contribution in [0.5, 0.6) is 5.75 Å². The van der Waals surface area contributed by atoms with Crippen LogP contribution in [0, 0.1) is 6.92 Å². The molecule has 152 valence electrons. The number of ether oxygens (including phenoxy) is 1. The molecule has 0 spiro atoms. The largest absolute Gasteiger partial charge is 0.494 e. The molecule has 0 saturated carbocycles. The molecule has 0 fully saturated rings. The summed E-state index contributed by atoms with van der Waals surface area (Å²) in [5.74, 6) is 0.859. The summed E-state index contributed by atoms with van der Waals surface area (Å²) in [6.07, 6.45) is 2.18. The van der Waals surface area contributed by atoms with Crippen LogP contribution in [0.25, 0.3) is 9.40 Å². The fourth-order valence-electron chi connectivity index (χ4n) is 2.74. The number of unbranched alkanes of at least 4 members (excludes halogenated alkanes) is 1. The second kappa shape index (κ2) is 9.73. The lowest BCUT2D eigenvalue weighted by Crippen LogP contribution is -1.95. The Kier molecular flexibility index (Phi) is 6.61. The number of benzene rings is 2. The van der Waals surface area contributed by atoms with Gasteiger partial charge < -0.3 is 4.74 Å². The summed E-state index contributed by atoms with van der Waals surface area (Å²) in [5, 5.41) is 18.2. The van der Waals surface area contributed by atoms with E-state index >= 15 is 0 Å². The van der Waals surface area contributed by atoms with E-state index in [1.807, 2.05) is 48.5 Å². The fraction of sp³-hybridized carbons (Fsp3) is 0.217. The number of thiophene rings is 2. The molecule has 0 saturated heterocycles. The summed E-state index contributed by atoms with van der Waals surface area (Å²) in [6.45, 7) is 5.01. The second-order valence-corrected chi connectivity index (χ2v) is 9.13. The summed E-state index contributed by atoms with van der Waals surface area (Å²) < 4.78 is 8.19. The highest BCUT2D eigenvalue weighted by molar-refractivity contribution is 7.29. The van der Waals surface area contributed by atoms with Crippen LogP contribution in [0.15, 0.2) is 81.1 Å². The first-order chi connectivity index (χ1) is 14.7. The van der Waals surface area contributed by atoms with Crippen LogP contribution in [-0.2, 0) is 0 Å². The summed E-state index contributed by atoms with van der Waals surface area (Å²) in [5.41, 5.74) is 2.34. The molecule has 2 heterocycles. The highest BCUT2D eigenvalue weighted by atomic mass is 32.1. The summed E-state index contributed by atoms with van der Waals surface area (Å²) in [4.78, 5) is 1.32. The van der Waals surface area contributed by atoms with Gasteiger partial charge in [0.15, 0.2) is 0 Å². The Morgan fingerprint density at radius 3 is 1.90 bits per heavy atom. The molecule has 30 heavy (non-hydrogen) atoms. The van der Waals surface area contributed by atoms with Gasteiger partial charge in [-0.05, 0) is 74.0 Å². The van der Waals surface area contributed by atoms with E-state index in [4.69, 9.17) is 4.74 Å². The number of hydrogen-bond acceptors (Lipinski definition) is 7. The van der Waals surface area contributed by atoms with Crippen molar-refractivity contribution in [2.24, 2.45) is 20.5 Å². The van der Waals surface area contributed by atoms with Crippen molar-refractivity contribution in [2.45, 2.75) is 26.7 Å². The lowest BCUT2D eigenvalue weighted by atomic mass is 10.3. The number of hydrogen-bond donors (Lipinski definition) is 0. The molecule has 0 aliphatic carbocycles. The zero-order valence-corrected chi connectivity index (χ0v) is 18.5. The number of rotatable bonds is 8. The minimum absolute atomic E-state index is 0.742. The van der Waals surface area contributed by atoms with Crippen molar-refractivity contribution >= 4 is 54.1 Å². The van der Waals surface area contributed by atoms with Gasteiger partial charge in [0.1, 0.15) is 10.8 Å². The Bertz CT molecular complexity index is 1130. The number of fused-ring (bicyclic) bond motifs is 1. The van der Waals surface area contributed by atoms with Gasteiger partial charge in [-0.1, -0.05) is 13.3 Å². The highest BCUT2D eigenvalue weighted by Gasteiger charge is 2.04. The predicted octanol–water partition coefficient (Wildman–Crippen LogP) is 9.28. The number of aryl methyl sites for hydroxylation is 1. The van der Waals surface area contributed by atoms with Gasteiger partial charge in [0.05, 0.1) is 23.7 Å². The molecule has 0 amide bonds. The third kappa shape index (κ3) is 5.37. The van der Waals surface area contributed by atoms with Gasteiger partial charge in [-0.15, -0.1) is 32.9 Å². The monoisotopic (exact) mass is 434 g/mol. The minimum Gasteiger partial charge on any atom is -0.494 e. The van der Waals surface area contributed by atoms with Crippen LogP contribution in [0.1, 0.15) is 24.6 Å². The van der Waals surface area contributed by atoms with Crippen molar-refractivity contribution in [2.75, 3.05) is 6.61 Å². The molecule has 0 bridgehead atoms. The smallest absolute Gasteiger partial charge is 0.140 e. The van der Waals surface area contributed by atoms with Crippen molar-refractivity contribution in [3.05, 3.63) is 65.5 Å². The van der Waals surface area contributed by atoms with E-state index in [-0.39, 0.29) is 0 Å². The molecule has 0 aliphatic heterocycles. The molecule has 4 aromatic rings. The predicted molar refractivity (Wildman–Crippen MR) is 126 cm³/mol. The highest BCUT2D eigenvalue weighted by Crippen LogP contribution is 2.38. The van der Waals surface area contributed by atoms with E-state index in [9.17, 15) is 0 Å². The van der Waals surface area contributed by atoms with E-state index in [1.165, 1.54) is 14.3 Å². The maximum Gasteiger partial charge on any atom is 0.140 e. The standard InChI is InChI=1S/C23H22N4OS2/c1-3-4-13-28-20-11-9-19(10-12-20)25-24-17-5-7-18(8-6-17)26-27-23-15-22-21(30-23)14-16(2)29-22/h5-12,14-15H,3-4,13H2,1-2H3. The Hall–Kier alpha value is -2.90. The molecule has 7 heteroatoms. The van der Waals surface area contributed by atoms with Crippen LogP contribution < -0.4 is 4.74 Å². The lowest BCUT2D eigenvalue weighted by molar-refractivity contribution is 0.309. The number of nitrogens with zero attached hydrogens (tertiary/aromatic N) is 4. The maximum atomic E-state index is 5.66. The van der Waals surface area contributed by atoms with Gasteiger partial charge in [0.25, 0.3) is 0 Å². The average Bonchev–Trinajstić information content (AvgIpc) is 3.29. The zero-order chi connectivity index (χ0) is 20.8. The normalized spacial score (nSPS) is 11.8. The Balaban J connectivity index is 1.35. The van der Waals surface area contributed by atoms with Crippen LogP contribution in [0.2, 0.25) is 0 Å². The van der Waals surface area contributed by atoms with Crippen LogP contribution in [-0.4, -0.2) is 6.61 Å². The van der Waals surface area contributed by atoms with Gasteiger partial charge in [-0.3, -0.25) is 0 Å². The Labute approximate surface area is 183 Å². The first-order valence-electron chi connectivity index (χ1n) is 9.86. The molecular weight excluding hydrogens is 412 g/mol. The lowest BCUT2D eigenvalue weighted by Gasteiger charge is -2.04. The molecule has 2 aromatic heterocycles. The van der Waals surface area contributed by atoms with E-state index in [2.05, 4.69) is 46.4 Å². The zero-order valence-electron chi connectivity index (χ0n) is 16.9. The molecular formula is C23H22N4OS2. The van der Waals surface area contributed by atoms with Gasteiger partial charge in [0.2, 0.25) is 0 Å². The first-order valence-corrected chi connectivity index (χ1v) is 11.5. The van der Waals surface area contributed by atoms with Crippen molar-refractivity contribution < 1.29 is 4.74 Å². The van der Waals surface area contributed by atoms with Crippen molar-refractivity contribution in [1.29, 1.82) is 0 Å². The molecule has 0 radical (unpaired) electrons. The van der Waals surface area contributed by atoms with Gasteiger partial charge in [0, 0.05) is 14.3 Å². The molecule has 5 nitrogen and oxygen atoms in total. The molecule has 0 aliphatic rings. The summed E-state index contributed by atoms with van der Waals surface area (Å²) in [7, 11) is 0. The Morgan fingerprint density at radius 1 is 0.733 bits per heavy atom. The molecule has 2 aromatic carbocycles. The summed E-state index contributed by atoms with van der Waals surface area (Å²) in [6, 6.07) is 19.5. The van der Waals surface area contributed by atoms with Crippen LogP contribution >= 0.6 is 22.7 Å². The van der Waals surface area contributed by atoms with Crippen molar-refractivity contribution in [3.8, 4) is 5.75 Å². The molecule has 0 atom stereocenters. The second-order valence-electron chi connectivity index (χ2n) is 6.78.